The molecular weight excluding hydrogens is 250 g/mol. The van der Waals surface area contributed by atoms with Crippen LogP contribution < -0.4 is 5.32 Å². The van der Waals surface area contributed by atoms with E-state index in [2.05, 4.69) is 25.5 Å². The van der Waals surface area contributed by atoms with Gasteiger partial charge in [-0.25, -0.2) is 14.8 Å². The number of pyridine rings is 1. The highest BCUT2D eigenvalue weighted by atomic mass is 16.4. The Morgan fingerprint density at radius 1 is 1.47 bits per heavy atom. The molecule has 0 bridgehead atoms. The molecule has 3 N–H and O–H groups in total. The van der Waals surface area contributed by atoms with Crippen molar-refractivity contribution in [2.24, 2.45) is 0 Å². The molecule has 98 valence electrons. The van der Waals surface area contributed by atoms with Gasteiger partial charge in [-0.05, 0) is 12.1 Å². The number of carboxylic acids is 1. The highest BCUT2D eigenvalue weighted by Gasteiger charge is 2.13. The first kappa shape index (κ1) is 12.7. The molecule has 2 heterocycles. The first-order valence-electron chi connectivity index (χ1n) is 5.52. The normalized spacial score (nSPS) is 10.2. The van der Waals surface area contributed by atoms with Gasteiger partial charge in [0, 0.05) is 18.3 Å². The fourth-order valence-electron chi connectivity index (χ4n) is 1.37. The number of hydrogen-bond donors (Lipinski definition) is 3. The Kier molecular flexibility index (Phi) is 3.51. The lowest BCUT2D eigenvalue weighted by Crippen LogP contribution is -2.14. The third kappa shape index (κ3) is 2.92. The molecule has 19 heavy (non-hydrogen) atoms. The van der Waals surface area contributed by atoms with Crippen LogP contribution >= 0.6 is 0 Å². The summed E-state index contributed by atoms with van der Waals surface area (Å²) in [4.78, 5) is 30.2. The lowest BCUT2D eigenvalue weighted by molar-refractivity contribution is 0.0690. The summed E-state index contributed by atoms with van der Waals surface area (Å²) in [6, 6.07) is 2.74. The lowest BCUT2D eigenvalue weighted by atomic mass is 10.3. The molecular formula is C11H11N5O3. The Morgan fingerprint density at radius 2 is 2.26 bits per heavy atom. The number of aromatic nitrogens is 4. The number of aromatic amines is 1. The van der Waals surface area contributed by atoms with E-state index < -0.39 is 11.9 Å². The van der Waals surface area contributed by atoms with Gasteiger partial charge in [0.05, 0.1) is 0 Å². The predicted octanol–water partition coefficient (Wildman–Crippen LogP) is 0.713. The summed E-state index contributed by atoms with van der Waals surface area (Å²) in [7, 11) is 0. The number of carbonyl (C=O) groups excluding carboxylic acids is 1. The van der Waals surface area contributed by atoms with E-state index in [1.165, 1.54) is 18.3 Å². The van der Waals surface area contributed by atoms with E-state index in [0.29, 0.717) is 17.9 Å². The minimum absolute atomic E-state index is 0.00513. The molecule has 2 rings (SSSR count). The molecule has 8 heteroatoms. The summed E-state index contributed by atoms with van der Waals surface area (Å²) in [6.07, 6.45) is 1.94. The number of carboxylic acid groups (broad SMARTS) is 1. The highest BCUT2D eigenvalue weighted by Crippen LogP contribution is 2.09. The van der Waals surface area contributed by atoms with Gasteiger partial charge in [0.1, 0.15) is 11.5 Å². The molecule has 0 radical (unpaired) electrons. The van der Waals surface area contributed by atoms with Crippen molar-refractivity contribution in [3.63, 3.8) is 0 Å². The minimum atomic E-state index is -1.16. The van der Waals surface area contributed by atoms with Gasteiger partial charge < -0.3 is 10.4 Å². The highest BCUT2D eigenvalue weighted by molar-refractivity contribution is 6.02. The summed E-state index contributed by atoms with van der Waals surface area (Å²) < 4.78 is 0. The Hall–Kier alpha value is -2.77. The summed E-state index contributed by atoms with van der Waals surface area (Å²) in [5.41, 5.74) is 0.169. The second-order valence-corrected chi connectivity index (χ2v) is 3.65. The van der Waals surface area contributed by atoms with Crippen LogP contribution in [0.4, 0.5) is 5.69 Å². The smallest absolute Gasteiger partial charge is 0.354 e. The molecule has 1 amide bonds. The van der Waals surface area contributed by atoms with E-state index in [1.807, 2.05) is 6.92 Å². The summed E-state index contributed by atoms with van der Waals surface area (Å²) in [6.45, 7) is 1.88. The third-order valence-corrected chi connectivity index (χ3v) is 2.31. The SMILES string of the molecule is CCc1nc(C(=O)Nc2ccnc(C(=O)O)c2)n[nH]1. The van der Waals surface area contributed by atoms with Gasteiger partial charge in [0.2, 0.25) is 5.82 Å². The molecule has 0 aliphatic heterocycles. The molecule has 2 aromatic rings. The van der Waals surface area contributed by atoms with Crippen molar-refractivity contribution in [3.8, 4) is 0 Å². The first-order valence-corrected chi connectivity index (χ1v) is 5.52. The van der Waals surface area contributed by atoms with Gasteiger partial charge in [0.15, 0.2) is 0 Å². The van der Waals surface area contributed by atoms with Crippen molar-refractivity contribution in [1.29, 1.82) is 0 Å². The van der Waals surface area contributed by atoms with Crippen LogP contribution in [0.5, 0.6) is 0 Å². The molecule has 0 aromatic carbocycles. The van der Waals surface area contributed by atoms with Crippen LogP contribution in [0.15, 0.2) is 18.3 Å². The fourth-order valence-corrected chi connectivity index (χ4v) is 1.37. The largest absolute Gasteiger partial charge is 0.477 e. The fraction of sp³-hybridized carbons (Fsp3) is 0.182. The van der Waals surface area contributed by atoms with Crippen LogP contribution in [0, 0.1) is 0 Å². The molecule has 0 aliphatic carbocycles. The van der Waals surface area contributed by atoms with Crippen LogP contribution in [-0.4, -0.2) is 37.1 Å². The van der Waals surface area contributed by atoms with Crippen LogP contribution in [0.25, 0.3) is 0 Å². The molecule has 0 unspecified atom stereocenters. The van der Waals surface area contributed by atoms with Gasteiger partial charge in [-0.1, -0.05) is 6.92 Å². The standard InChI is InChI=1S/C11H11N5O3/c1-2-8-14-9(16-15-8)10(17)13-6-3-4-12-7(5-6)11(18)19/h3-5H,2H2,1H3,(H,18,19)(H,12,13,17)(H,14,15,16). The zero-order valence-electron chi connectivity index (χ0n) is 10.0. The average Bonchev–Trinajstić information content (AvgIpc) is 2.88. The predicted molar refractivity (Wildman–Crippen MR) is 64.9 cm³/mol. The van der Waals surface area contributed by atoms with E-state index in [1.54, 1.807) is 0 Å². The Labute approximate surface area is 107 Å². The number of amides is 1. The minimum Gasteiger partial charge on any atom is -0.477 e. The van der Waals surface area contributed by atoms with E-state index >= 15 is 0 Å². The van der Waals surface area contributed by atoms with Crippen LogP contribution in [0.1, 0.15) is 33.9 Å². The molecule has 0 saturated carbocycles. The molecule has 0 spiro atoms. The van der Waals surface area contributed by atoms with Gasteiger partial charge in [-0.15, -0.1) is 5.10 Å². The van der Waals surface area contributed by atoms with Gasteiger partial charge in [-0.3, -0.25) is 9.89 Å². The van der Waals surface area contributed by atoms with Crippen molar-refractivity contribution in [1.82, 2.24) is 20.2 Å². The maximum Gasteiger partial charge on any atom is 0.354 e. The molecule has 0 aliphatic rings. The first-order chi connectivity index (χ1) is 9.10. The van der Waals surface area contributed by atoms with Crippen molar-refractivity contribution in [3.05, 3.63) is 35.7 Å². The third-order valence-electron chi connectivity index (χ3n) is 2.31. The van der Waals surface area contributed by atoms with Crippen molar-refractivity contribution in [2.45, 2.75) is 13.3 Å². The monoisotopic (exact) mass is 261 g/mol. The number of nitrogens with one attached hydrogen (secondary N) is 2. The van der Waals surface area contributed by atoms with Crippen molar-refractivity contribution < 1.29 is 14.7 Å². The zero-order chi connectivity index (χ0) is 13.8. The Bertz CT molecular complexity index is 622. The maximum absolute atomic E-state index is 11.8. The van der Waals surface area contributed by atoms with Crippen LogP contribution in [0.3, 0.4) is 0 Å². The summed E-state index contributed by atoms with van der Waals surface area (Å²) in [5.74, 6) is -1.07. The number of aryl methyl sites for hydroxylation is 1. The van der Waals surface area contributed by atoms with Crippen LogP contribution in [-0.2, 0) is 6.42 Å². The molecule has 0 fully saturated rings. The number of aromatic carboxylic acids is 1. The Morgan fingerprint density at radius 3 is 2.89 bits per heavy atom. The lowest BCUT2D eigenvalue weighted by Gasteiger charge is -2.02. The van der Waals surface area contributed by atoms with Gasteiger partial charge in [0.25, 0.3) is 5.91 Å². The summed E-state index contributed by atoms with van der Waals surface area (Å²) in [5, 5.41) is 17.7. The van der Waals surface area contributed by atoms with Crippen molar-refractivity contribution in [2.75, 3.05) is 5.32 Å². The molecule has 8 nitrogen and oxygen atoms in total. The molecule has 0 atom stereocenters. The number of hydrogen-bond acceptors (Lipinski definition) is 5. The van der Waals surface area contributed by atoms with Gasteiger partial charge in [-0.2, -0.15) is 0 Å². The van der Waals surface area contributed by atoms with E-state index in [0.717, 1.165) is 0 Å². The van der Waals surface area contributed by atoms with Gasteiger partial charge >= 0.3 is 5.97 Å². The number of nitrogens with zero attached hydrogens (tertiary/aromatic N) is 3. The zero-order valence-corrected chi connectivity index (χ0v) is 10.0. The number of carbonyl (C=O) groups is 2. The van der Waals surface area contributed by atoms with E-state index in [9.17, 15) is 9.59 Å². The Balaban J connectivity index is 2.14. The topological polar surface area (TPSA) is 121 Å². The van der Waals surface area contributed by atoms with E-state index in [4.69, 9.17) is 5.11 Å². The quantitative estimate of drug-likeness (QED) is 0.745. The number of anilines is 1. The second-order valence-electron chi connectivity index (χ2n) is 3.65. The van der Waals surface area contributed by atoms with Crippen LogP contribution in [0.2, 0.25) is 0 Å². The second kappa shape index (κ2) is 5.25. The maximum atomic E-state index is 11.8. The summed E-state index contributed by atoms with van der Waals surface area (Å²) >= 11 is 0. The van der Waals surface area contributed by atoms with Crippen molar-refractivity contribution >= 4 is 17.6 Å². The number of H-pyrrole nitrogens is 1. The average molecular weight is 261 g/mol. The molecule has 0 saturated heterocycles. The number of rotatable bonds is 4. The van der Waals surface area contributed by atoms with E-state index in [-0.39, 0.29) is 11.5 Å². The molecule has 2 aromatic heterocycles.